The van der Waals surface area contributed by atoms with Crippen LogP contribution in [-0.2, 0) is 0 Å². The van der Waals surface area contributed by atoms with E-state index in [9.17, 15) is 0 Å². The zero-order valence-corrected chi connectivity index (χ0v) is 11.2. The third kappa shape index (κ3) is 2.49. The molecule has 0 bridgehead atoms. The number of aryl methyl sites for hydroxylation is 1. The standard InChI is InChI=1S/C12H9Cl3N2/c1-6-2-12(16)17-5-8(6)7-3-10(14)11(15)4-9(7)13/h2-5H,1H3,(H2,16,17). The van der Waals surface area contributed by atoms with E-state index >= 15 is 0 Å². The van der Waals surface area contributed by atoms with Crippen LogP contribution in [0.1, 0.15) is 5.56 Å². The number of rotatable bonds is 1. The van der Waals surface area contributed by atoms with E-state index in [0.29, 0.717) is 20.9 Å². The van der Waals surface area contributed by atoms with Crippen LogP contribution in [0.4, 0.5) is 5.82 Å². The van der Waals surface area contributed by atoms with Crippen molar-refractivity contribution in [2.24, 2.45) is 0 Å². The van der Waals surface area contributed by atoms with Crippen LogP contribution >= 0.6 is 34.8 Å². The monoisotopic (exact) mass is 286 g/mol. The lowest BCUT2D eigenvalue weighted by Crippen LogP contribution is -1.93. The number of nitrogen functional groups attached to an aromatic ring is 1. The summed E-state index contributed by atoms with van der Waals surface area (Å²) in [6, 6.07) is 5.14. The second-order valence-corrected chi connectivity index (χ2v) is 4.89. The summed E-state index contributed by atoms with van der Waals surface area (Å²) in [5.41, 5.74) is 8.28. The highest BCUT2D eigenvalue weighted by molar-refractivity contribution is 6.44. The number of aromatic nitrogens is 1. The summed E-state index contributed by atoms with van der Waals surface area (Å²) in [5, 5.41) is 1.43. The molecule has 1 aromatic carbocycles. The molecule has 2 N–H and O–H groups in total. The summed E-state index contributed by atoms with van der Waals surface area (Å²) in [5.74, 6) is 0.474. The zero-order valence-electron chi connectivity index (χ0n) is 8.97. The predicted octanol–water partition coefficient (Wildman–Crippen LogP) is 4.60. The van der Waals surface area contributed by atoms with Crippen LogP contribution in [-0.4, -0.2) is 4.98 Å². The number of benzene rings is 1. The molecule has 0 radical (unpaired) electrons. The second-order valence-electron chi connectivity index (χ2n) is 3.67. The largest absolute Gasteiger partial charge is 0.384 e. The van der Waals surface area contributed by atoms with Gasteiger partial charge in [-0.1, -0.05) is 34.8 Å². The number of nitrogens with zero attached hydrogens (tertiary/aromatic N) is 1. The maximum absolute atomic E-state index is 6.15. The third-order valence-corrected chi connectivity index (χ3v) is 3.47. The molecule has 0 spiro atoms. The number of pyridine rings is 1. The molecule has 0 unspecified atom stereocenters. The van der Waals surface area contributed by atoms with E-state index in [2.05, 4.69) is 4.98 Å². The molecule has 0 amide bonds. The highest BCUT2D eigenvalue weighted by atomic mass is 35.5. The smallest absolute Gasteiger partial charge is 0.123 e. The Balaban J connectivity index is 2.64. The van der Waals surface area contributed by atoms with Gasteiger partial charge in [0.05, 0.1) is 15.1 Å². The lowest BCUT2D eigenvalue weighted by molar-refractivity contribution is 1.29. The SMILES string of the molecule is Cc1cc(N)ncc1-c1cc(Cl)c(Cl)cc1Cl. The van der Waals surface area contributed by atoms with Crippen LogP contribution in [0.5, 0.6) is 0 Å². The van der Waals surface area contributed by atoms with E-state index in [1.54, 1.807) is 24.4 Å². The maximum Gasteiger partial charge on any atom is 0.123 e. The van der Waals surface area contributed by atoms with Crippen molar-refractivity contribution in [3.63, 3.8) is 0 Å². The Kier molecular flexibility index (Phi) is 3.48. The van der Waals surface area contributed by atoms with Crippen LogP contribution in [0, 0.1) is 6.92 Å². The van der Waals surface area contributed by atoms with E-state index < -0.39 is 0 Å². The van der Waals surface area contributed by atoms with Gasteiger partial charge in [0.1, 0.15) is 5.82 Å². The van der Waals surface area contributed by atoms with Gasteiger partial charge in [-0.25, -0.2) is 4.98 Å². The maximum atomic E-state index is 6.15. The molecule has 88 valence electrons. The van der Waals surface area contributed by atoms with Gasteiger partial charge in [0.25, 0.3) is 0 Å². The minimum Gasteiger partial charge on any atom is -0.384 e. The number of halogens is 3. The van der Waals surface area contributed by atoms with Crippen molar-refractivity contribution in [2.75, 3.05) is 5.73 Å². The molecule has 2 rings (SSSR count). The molecule has 0 aliphatic heterocycles. The Morgan fingerprint density at radius 3 is 2.24 bits per heavy atom. The molecule has 0 aliphatic carbocycles. The summed E-state index contributed by atoms with van der Waals surface area (Å²) < 4.78 is 0. The van der Waals surface area contributed by atoms with E-state index in [-0.39, 0.29) is 0 Å². The lowest BCUT2D eigenvalue weighted by atomic mass is 10.0. The Bertz CT molecular complexity index is 582. The summed E-state index contributed by atoms with van der Waals surface area (Å²) in [7, 11) is 0. The molecule has 17 heavy (non-hydrogen) atoms. The molecule has 0 fully saturated rings. The van der Waals surface area contributed by atoms with E-state index in [1.165, 1.54) is 0 Å². The second kappa shape index (κ2) is 4.73. The summed E-state index contributed by atoms with van der Waals surface area (Å²) >= 11 is 18.0. The van der Waals surface area contributed by atoms with Crippen LogP contribution < -0.4 is 5.73 Å². The highest BCUT2D eigenvalue weighted by Crippen LogP contribution is 2.36. The minimum absolute atomic E-state index is 0.432. The molecular formula is C12H9Cl3N2. The molecule has 2 aromatic rings. The fourth-order valence-corrected chi connectivity index (χ4v) is 2.24. The molecule has 0 saturated heterocycles. The van der Waals surface area contributed by atoms with Crippen molar-refractivity contribution in [2.45, 2.75) is 6.92 Å². The van der Waals surface area contributed by atoms with E-state index in [4.69, 9.17) is 40.5 Å². The Morgan fingerprint density at radius 1 is 0.941 bits per heavy atom. The van der Waals surface area contributed by atoms with Crippen molar-refractivity contribution < 1.29 is 0 Å². The van der Waals surface area contributed by atoms with Crippen molar-refractivity contribution in [1.82, 2.24) is 4.98 Å². The fraction of sp³-hybridized carbons (Fsp3) is 0.0833. The lowest BCUT2D eigenvalue weighted by Gasteiger charge is -2.09. The van der Waals surface area contributed by atoms with Gasteiger partial charge in [-0.05, 0) is 30.7 Å². The first-order chi connectivity index (χ1) is 7.99. The van der Waals surface area contributed by atoms with Crippen molar-refractivity contribution in [1.29, 1.82) is 0 Å². The molecule has 5 heteroatoms. The van der Waals surface area contributed by atoms with Gasteiger partial charge < -0.3 is 5.73 Å². The van der Waals surface area contributed by atoms with Gasteiger partial charge >= 0.3 is 0 Å². The molecular weight excluding hydrogens is 279 g/mol. The van der Waals surface area contributed by atoms with Crippen molar-refractivity contribution >= 4 is 40.6 Å². The van der Waals surface area contributed by atoms with Gasteiger partial charge in [0.2, 0.25) is 0 Å². The van der Waals surface area contributed by atoms with Crippen LogP contribution in [0.15, 0.2) is 24.4 Å². The first-order valence-electron chi connectivity index (χ1n) is 4.86. The quantitative estimate of drug-likeness (QED) is 0.779. The number of hydrogen-bond donors (Lipinski definition) is 1. The Labute approximate surface area is 114 Å². The fourth-order valence-electron chi connectivity index (χ4n) is 1.59. The summed E-state index contributed by atoms with van der Waals surface area (Å²) in [4.78, 5) is 4.05. The zero-order chi connectivity index (χ0) is 12.6. The average Bonchev–Trinajstić information content (AvgIpc) is 2.24. The molecule has 1 heterocycles. The molecule has 0 atom stereocenters. The molecule has 0 aliphatic rings. The van der Waals surface area contributed by atoms with Crippen molar-refractivity contribution in [3.8, 4) is 11.1 Å². The number of anilines is 1. The topological polar surface area (TPSA) is 38.9 Å². The summed E-state index contributed by atoms with van der Waals surface area (Å²) in [6.45, 7) is 1.94. The Hall–Kier alpha value is -0.960. The number of nitrogens with two attached hydrogens (primary N) is 1. The van der Waals surface area contributed by atoms with Crippen LogP contribution in [0.2, 0.25) is 15.1 Å². The van der Waals surface area contributed by atoms with Crippen molar-refractivity contribution in [3.05, 3.63) is 45.0 Å². The molecule has 1 aromatic heterocycles. The van der Waals surface area contributed by atoms with E-state index in [1.807, 2.05) is 6.92 Å². The van der Waals surface area contributed by atoms with Gasteiger partial charge in [0, 0.05) is 17.3 Å². The molecule has 0 saturated carbocycles. The van der Waals surface area contributed by atoms with E-state index in [0.717, 1.165) is 16.7 Å². The summed E-state index contributed by atoms with van der Waals surface area (Å²) in [6.07, 6.45) is 1.68. The third-order valence-electron chi connectivity index (χ3n) is 2.43. The first kappa shape index (κ1) is 12.5. The minimum atomic E-state index is 0.432. The van der Waals surface area contributed by atoms with Crippen LogP contribution in [0.3, 0.4) is 0 Å². The predicted molar refractivity (Wildman–Crippen MR) is 73.9 cm³/mol. The van der Waals surface area contributed by atoms with Gasteiger partial charge in [-0.2, -0.15) is 0 Å². The van der Waals surface area contributed by atoms with Gasteiger partial charge in [-0.3, -0.25) is 0 Å². The van der Waals surface area contributed by atoms with Crippen LogP contribution in [0.25, 0.3) is 11.1 Å². The Morgan fingerprint density at radius 2 is 1.59 bits per heavy atom. The first-order valence-corrected chi connectivity index (χ1v) is 5.99. The van der Waals surface area contributed by atoms with Gasteiger partial charge in [-0.15, -0.1) is 0 Å². The number of hydrogen-bond acceptors (Lipinski definition) is 2. The van der Waals surface area contributed by atoms with Gasteiger partial charge in [0.15, 0.2) is 0 Å². The molecule has 2 nitrogen and oxygen atoms in total. The highest BCUT2D eigenvalue weighted by Gasteiger charge is 2.10. The normalized spacial score (nSPS) is 10.6. The average molecular weight is 288 g/mol.